The van der Waals surface area contributed by atoms with E-state index in [-0.39, 0.29) is 4.90 Å². The Hall–Kier alpha value is -1.15. The number of nitrogens with one attached hydrogen (secondary N) is 1. The van der Waals surface area contributed by atoms with E-state index in [0.717, 1.165) is 0 Å². The first-order valence-corrected chi connectivity index (χ1v) is 6.71. The fourth-order valence-electron chi connectivity index (χ4n) is 1.80. The molecule has 1 heterocycles. The number of ether oxygens (including phenoxy) is 1. The Morgan fingerprint density at radius 1 is 1.24 bits per heavy atom. The Morgan fingerprint density at radius 2 is 1.88 bits per heavy atom. The van der Waals surface area contributed by atoms with E-state index in [1.165, 1.54) is 11.0 Å². The van der Waals surface area contributed by atoms with E-state index < -0.39 is 10.0 Å². The van der Waals surface area contributed by atoms with E-state index in [1.54, 1.807) is 18.2 Å². The molecule has 0 bridgehead atoms. The van der Waals surface area contributed by atoms with Crippen molar-refractivity contribution in [3.8, 4) is 0 Å². The molecule has 0 saturated carbocycles. The first-order valence-electron chi connectivity index (χ1n) is 5.23. The molecule has 0 atom stereocenters. The first kappa shape index (κ1) is 12.3. The van der Waals surface area contributed by atoms with Crippen LogP contribution in [0, 0.1) is 0 Å². The van der Waals surface area contributed by atoms with Gasteiger partial charge in [0.25, 0.3) is 10.0 Å². The molecule has 0 radical (unpaired) electrons. The van der Waals surface area contributed by atoms with Crippen LogP contribution in [0.1, 0.15) is 0 Å². The molecule has 17 heavy (non-hydrogen) atoms. The third kappa shape index (κ3) is 2.58. The van der Waals surface area contributed by atoms with Crippen molar-refractivity contribution < 1.29 is 18.4 Å². The Morgan fingerprint density at radius 3 is 2.53 bits per heavy atom. The van der Waals surface area contributed by atoms with E-state index in [4.69, 9.17) is 9.94 Å². The average molecular weight is 258 g/mol. The van der Waals surface area contributed by atoms with Gasteiger partial charge in [-0.15, -0.1) is 0 Å². The van der Waals surface area contributed by atoms with Crippen molar-refractivity contribution in [3.63, 3.8) is 0 Å². The lowest BCUT2D eigenvalue weighted by atomic mass is 10.2. The summed E-state index contributed by atoms with van der Waals surface area (Å²) in [6.07, 6.45) is 0. The van der Waals surface area contributed by atoms with Gasteiger partial charge in [0, 0.05) is 13.1 Å². The van der Waals surface area contributed by atoms with Crippen LogP contribution in [0.15, 0.2) is 29.2 Å². The van der Waals surface area contributed by atoms with Crippen molar-refractivity contribution in [1.82, 2.24) is 4.89 Å². The van der Waals surface area contributed by atoms with Crippen LogP contribution in [-0.4, -0.2) is 39.9 Å². The Bertz CT molecular complexity index is 483. The number of anilines is 1. The Balaban J connectivity index is 2.40. The zero-order valence-electron chi connectivity index (χ0n) is 9.17. The van der Waals surface area contributed by atoms with Gasteiger partial charge in [-0.05, 0) is 12.1 Å². The molecular formula is C10H14N2O4S. The van der Waals surface area contributed by atoms with Gasteiger partial charge in [-0.3, -0.25) is 0 Å². The van der Waals surface area contributed by atoms with Crippen LogP contribution in [0.25, 0.3) is 0 Å². The summed E-state index contributed by atoms with van der Waals surface area (Å²) in [5.41, 5.74) is 0.581. The lowest BCUT2D eigenvalue weighted by Crippen LogP contribution is -2.37. The van der Waals surface area contributed by atoms with Crippen LogP contribution in [0.2, 0.25) is 0 Å². The fraction of sp³-hybridized carbons (Fsp3) is 0.400. The highest BCUT2D eigenvalue weighted by Crippen LogP contribution is 2.25. The number of para-hydroxylation sites is 1. The Kier molecular flexibility index (Phi) is 3.63. The van der Waals surface area contributed by atoms with Gasteiger partial charge in [0.15, 0.2) is 0 Å². The third-order valence-electron chi connectivity index (χ3n) is 2.63. The Labute approximate surface area is 99.8 Å². The molecule has 94 valence electrons. The predicted molar refractivity (Wildman–Crippen MR) is 61.6 cm³/mol. The molecule has 0 unspecified atom stereocenters. The van der Waals surface area contributed by atoms with Crippen LogP contribution >= 0.6 is 0 Å². The van der Waals surface area contributed by atoms with Crippen LogP contribution < -0.4 is 9.79 Å². The summed E-state index contributed by atoms with van der Waals surface area (Å²) < 4.78 is 28.5. The topological polar surface area (TPSA) is 78.9 Å². The number of benzene rings is 1. The molecule has 1 fully saturated rings. The van der Waals surface area contributed by atoms with Crippen molar-refractivity contribution in [3.05, 3.63) is 24.3 Å². The van der Waals surface area contributed by atoms with Crippen molar-refractivity contribution in [2.24, 2.45) is 0 Å². The van der Waals surface area contributed by atoms with Crippen molar-refractivity contribution in [2.45, 2.75) is 4.90 Å². The maximum absolute atomic E-state index is 11.6. The quantitative estimate of drug-likeness (QED) is 0.757. The number of hydrogen-bond acceptors (Lipinski definition) is 5. The highest BCUT2D eigenvalue weighted by atomic mass is 32.2. The summed E-state index contributed by atoms with van der Waals surface area (Å²) >= 11 is 0. The van der Waals surface area contributed by atoms with Crippen LogP contribution in [0.3, 0.4) is 0 Å². The minimum Gasteiger partial charge on any atom is -0.378 e. The van der Waals surface area contributed by atoms with E-state index in [2.05, 4.69) is 0 Å². The van der Waals surface area contributed by atoms with Gasteiger partial charge in [-0.25, -0.2) is 8.42 Å². The van der Waals surface area contributed by atoms with Gasteiger partial charge in [-0.1, -0.05) is 17.0 Å². The van der Waals surface area contributed by atoms with Gasteiger partial charge >= 0.3 is 0 Å². The van der Waals surface area contributed by atoms with Crippen LogP contribution in [0.5, 0.6) is 0 Å². The van der Waals surface area contributed by atoms with Crippen LogP contribution in [-0.2, 0) is 14.8 Å². The molecule has 0 spiro atoms. The summed E-state index contributed by atoms with van der Waals surface area (Å²) in [4.78, 5) is 3.35. The molecule has 1 aliphatic rings. The second kappa shape index (κ2) is 5.01. The third-order valence-corrected chi connectivity index (χ3v) is 3.79. The lowest BCUT2D eigenvalue weighted by molar-refractivity contribution is 0.122. The maximum atomic E-state index is 11.6. The fourth-order valence-corrected chi connectivity index (χ4v) is 2.63. The normalized spacial score (nSPS) is 17.1. The average Bonchev–Trinajstić information content (AvgIpc) is 2.40. The van der Waals surface area contributed by atoms with Gasteiger partial charge in [-0.2, -0.15) is 0 Å². The van der Waals surface area contributed by atoms with E-state index >= 15 is 0 Å². The van der Waals surface area contributed by atoms with E-state index in [1.807, 2.05) is 4.90 Å². The number of morpholine rings is 1. The lowest BCUT2D eigenvalue weighted by Gasteiger charge is -2.30. The first-order chi connectivity index (χ1) is 8.15. The molecule has 1 aromatic rings. The van der Waals surface area contributed by atoms with Crippen molar-refractivity contribution in [1.29, 1.82) is 0 Å². The second-order valence-electron chi connectivity index (χ2n) is 3.66. The molecule has 0 aliphatic carbocycles. The molecule has 0 aromatic heterocycles. The summed E-state index contributed by atoms with van der Waals surface area (Å²) in [5, 5.41) is 8.69. The maximum Gasteiger partial charge on any atom is 0.264 e. The molecule has 2 N–H and O–H groups in total. The zero-order valence-corrected chi connectivity index (χ0v) is 9.98. The summed E-state index contributed by atoms with van der Waals surface area (Å²) in [6, 6.07) is 6.56. The summed E-state index contributed by atoms with van der Waals surface area (Å²) in [7, 11) is -3.86. The van der Waals surface area contributed by atoms with Gasteiger partial charge in [0.05, 0.1) is 18.9 Å². The number of nitrogens with zero attached hydrogens (tertiary/aromatic N) is 1. The van der Waals surface area contributed by atoms with Crippen molar-refractivity contribution >= 4 is 15.7 Å². The smallest absolute Gasteiger partial charge is 0.264 e. The highest BCUT2D eigenvalue weighted by molar-refractivity contribution is 7.89. The molecule has 1 aromatic carbocycles. The summed E-state index contributed by atoms with van der Waals surface area (Å²) in [5.74, 6) is 0. The van der Waals surface area contributed by atoms with Crippen LogP contribution in [0.4, 0.5) is 5.69 Å². The molecule has 1 aliphatic heterocycles. The molecular weight excluding hydrogens is 244 g/mol. The minimum absolute atomic E-state index is 0.0735. The van der Waals surface area contributed by atoms with E-state index in [0.29, 0.717) is 32.0 Å². The molecule has 0 amide bonds. The van der Waals surface area contributed by atoms with Gasteiger partial charge in [0.1, 0.15) is 4.90 Å². The number of hydrogen-bond donors (Lipinski definition) is 2. The minimum atomic E-state index is -3.86. The second-order valence-corrected chi connectivity index (χ2v) is 5.29. The monoisotopic (exact) mass is 258 g/mol. The molecule has 2 rings (SSSR count). The molecule has 1 saturated heterocycles. The number of sulfonamides is 1. The van der Waals surface area contributed by atoms with Crippen molar-refractivity contribution in [2.75, 3.05) is 31.2 Å². The predicted octanol–water partition coefficient (Wildman–Crippen LogP) is 0.191. The molecule has 7 heteroatoms. The summed E-state index contributed by atoms with van der Waals surface area (Å²) in [6.45, 7) is 2.41. The SMILES string of the molecule is O=S(=O)(NO)c1ccccc1N1CCOCC1. The highest BCUT2D eigenvalue weighted by Gasteiger charge is 2.21. The van der Waals surface area contributed by atoms with Gasteiger partial charge in [0.2, 0.25) is 0 Å². The van der Waals surface area contributed by atoms with Gasteiger partial charge < -0.3 is 14.8 Å². The molecule has 6 nitrogen and oxygen atoms in total. The standard InChI is InChI=1S/C10H14N2O4S/c13-11-17(14,15)10-4-2-1-3-9(10)12-5-7-16-8-6-12/h1-4,11,13H,5-8H2. The number of rotatable bonds is 3. The van der Waals surface area contributed by atoms with E-state index in [9.17, 15) is 8.42 Å². The zero-order chi connectivity index (χ0) is 12.3. The largest absolute Gasteiger partial charge is 0.378 e.